The number of esters is 1. The van der Waals surface area contributed by atoms with E-state index in [4.69, 9.17) is 33.2 Å². The molecule has 252 valence electrons. The molecule has 3 unspecified atom stereocenters. The summed E-state index contributed by atoms with van der Waals surface area (Å²) >= 11 is 0. The van der Waals surface area contributed by atoms with Crippen LogP contribution in [0.3, 0.4) is 0 Å². The molecular formula is C29H44N3O12P. The average molecular weight is 658 g/mol. The van der Waals surface area contributed by atoms with E-state index in [-0.39, 0.29) is 102 Å². The maximum atomic E-state index is 12.6. The summed E-state index contributed by atoms with van der Waals surface area (Å²) in [4.78, 5) is 61.9. The summed E-state index contributed by atoms with van der Waals surface area (Å²) in [6, 6.07) is 2.59. The van der Waals surface area contributed by atoms with Crippen LogP contribution in [-0.2, 0) is 44.7 Å². The van der Waals surface area contributed by atoms with Crippen molar-refractivity contribution in [2.75, 3.05) is 67.5 Å². The van der Waals surface area contributed by atoms with Gasteiger partial charge in [0.15, 0.2) is 11.5 Å². The van der Waals surface area contributed by atoms with Gasteiger partial charge in [-0.1, -0.05) is 0 Å². The summed E-state index contributed by atoms with van der Waals surface area (Å²) in [6.07, 6.45) is -0.527. The number of nitrogens with zero attached hydrogens (tertiary/aromatic N) is 1. The Bertz CT molecular complexity index is 1130. The first-order chi connectivity index (χ1) is 21.6. The summed E-state index contributed by atoms with van der Waals surface area (Å²) in [5, 5.41) is 5.35. The molecule has 45 heavy (non-hydrogen) atoms. The number of hydrogen-bond acceptors (Lipinski definition) is 12. The molecular weight excluding hydrogens is 613 g/mol. The third-order valence-electron chi connectivity index (χ3n) is 6.53. The number of likely N-dealkylation sites (tertiary alicyclic amines) is 1. The van der Waals surface area contributed by atoms with Crippen LogP contribution in [0.15, 0.2) is 12.1 Å². The fourth-order valence-electron chi connectivity index (χ4n) is 4.31. The Morgan fingerprint density at radius 1 is 0.978 bits per heavy atom. The number of nitrogens with one attached hydrogen (secondary N) is 2. The van der Waals surface area contributed by atoms with Crippen molar-refractivity contribution in [3.63, 3.8) is 0 Å². The van der Waals surface area contributed by atoms with Gasteiger partial charge < -0.3 is 43.8 Å². The number of methoxy groups -OCH3 is 3. The Labute approximate surface area is 265 Å². The number of hydrogen-bond donors (Lipinski definition) is 2. The predicted octanol–water partition coefficient (Wildman–Crippen LogP) is 1.19. The fraction of sp³-hybridized carbons (Fsp3) is 0.621. The maximum absolute atomic E-state index is 12.6. The highest BCUT2D eigenvalue weighted by molar-refractivity contribution is 7.19. The first-order valence-electron chi connectivity index (χ1n) is 14.5. The normalized spacial score (nSPS) is 15.0. The zero-order valence-electron chi connectivity index (χ0n) is 26.2. The van der Waals surface area contributed by atoms with Crippen LogP contribution in [0.1, 0.15) is 38.2 Å². The van der Waals surface area contributed by atoms with Gasteiger partial charge in [-0.2, -0.15) is 0 Å². The number of carbonyl (C=O) groups excluding carboxylic acids is 5. The number of amides is 4. The van der Waals surface area contributed by atoms with Gasteiger partial charge in [0.2, 0.25) is 23.5 Å². The third kappa shape index (κ3) is 13.1. The smallest absolute Gasteiger partial charge is 0.407 e. The molecule has 4 amide bonds. The van der Waals surface area contributed by atoms with Crippen LogP contribution in [0.25, 0.3) is 0 Å². The van der Waals surface area contributed by atoms with Crippen LogP contribution in [0, 0.1) is 0 Å². The van der Waals surface area contributed by atoms with Crippen molar-refractivity contribution >= 4 is 39.0 Å². The van der Waals surface area contributed by atoms with E-state index in [1.54, 1.807) is 19.1 Å². The molecule has 0 bridgehead atoms. The van der Waals surface area contributed by atoms with Crippen LogP contribution in [-0.4, -0.2) is 114 Å². The monoisotopic (exact) mass is 657 g/mol. The lowest BCUT2D eigenvalue weighted by atomic mass is 10.1. The molecule has 1 heterocycles. The van der Waals surface area contributed by atoms with Gasteiger partial charge in [0.25, 0.3) is 0 Å². The number of ether oxygens (including phenoxy) is 7. The zero-order chi connectivity index (χ0) is 33.2. The van der Waals surface area contributed by atoms with Gasteiger partial charge in [-0.3, -0.25) is 24.1 Å². The molecule has 1 aromatic carbocycles. The van der Waals surface area contributed by atoms with E-state index in [9.17, 15) is 24.0 Å². The van der Waals surface area contributed by atoms with Gasteiger partial charge in [-0.05, 0) is 31.0 Å². The number of rotatable bonds is 21. The lowest BCUT2D eigenvalue weighted by Gasteiger charge is -2.19. The Balaban J connectivity index is 1.74. The van der Waals surface area contributed by atoms with E-state index in [2.05, 4.69) is 19.9 Å². The van der Waals surface area contributed by atoms with Gasteiger partial charge >= 0.3 is 12.1 Å². The molecule has 1 aliphatic heterocycles. The predicted molar refractivity (Wildman–Crippen MR) is 163 cm³/mol. The van der Waals surface area contributed by atoms with Gasteiger partial charge in [0.1, 0.15) is 6.61 Å². The minimum absolute atomic E-state index is 0.000124. The minimum Gasteiger partial charge on any atom is -0.493 e. The van der Waals surface area contributed by atoms with Crippen molar-refractivity contribution in [2.45, 2.75) is 50.9 Å². The number of benzene rings is 1. The molecule has 0 radical (unpaired) electrons. The molecule has 1 saturated heterocycles. The van der Waals surface area contributed by atoms with E-state index in [1.165, 1.54) is 26.2 Å². The lowest BCUT2D eigenvalue weighted by molar-refractivity contribution is -0.143. The maximum Gasteiger partial charge on any atom is 0.407 e. The van der Waals surface area contributed by atoms with Crippen LogP contribution >= 0.6 is 9.24 Å². The first-order valence-corrected chi connectivity index (χ1v) is 15.2. The lowest BCUT2D eigenvalue weighted by Crippen LogP contribution is -2.40. The van der Waals surface area contributed by atoms with E-state index < -0.39 is 18.1 Å². The highest BCUT2D eigenvalue weighted by Crippen LogP contribution is 2.38. The Morgan fingerprint density at radius 3 is 2.22 bits per heavy atom. The van der Waals surface area contributed by atoms with Crippen molar-refractivity contribution in [2.24, 2.45) is 0 Å². The Hall–Kier alpha value is -3.68. The van der Waals surface area contributed by atoms with Crippen molar-refractivity contribution < 1.29 is 57.1 Å². The molecule has 1 fully saturated rings. The molecule has 2 rings (SSSR count). The zero-order valence-corrected chi connectivity index (χ0v) is 27.4. The number of alkyl carbamates (subject to hydrolysis) is 1. The first kappa shape index (κ1) is 37.5. The van der Waals surface area contributed by atoms with Crippen LogP contribution in [0.2, 0.25) is 0 Å². The van der Waals surface area contributed by atoms with Crippen molar-refractivity contribution in [1.29, 1.82) is 0 Å². The number of imide groups is 1. The van der Waals surface area contributed by atoms with Crippen molar-refractivity contribution in [3.8, 4) is 17.2 Å². The fourth-order valence-corrected chi connectivity index (χ4v) is 4.69. The van der Waals surface area contributed by atoms with Gasteiger partial charge in [0, 0.05) is 31.8 Å². The van der Waals surface area contributed by atoms with Gasteiger partial charge in [-0.25, -0.2) is 4.79 Å². The highest BCUT2D eigenvalue weighted by atomic mass is 31.0. The molecule has 16 heteroatoms. The van der Waals surface area contributed by atoms with Crippen LogP contribution < -0.4 is 24.8 Å². The Morgan fingerprint density at radius 2 is 1.64 bits per heavy atom. The quantitative estimate of drug-likeness (QED) is 0.0837. The summed E-state index contributed by atoms with van der Waals surface area (Å²) in [7, 11) is 6.79. The van der Waals surface area contributed by atoms with E-state index in [0.717, 1.165) is 0 Å². The van der Waals surface area contributed by atoms with Crippen LogP contribution in [0.4, 0.5) is 4.79 Å². The second-order valence-electron chi connectivity index (χ2n) is 9.77. The molecule has 0 saturated carbocycles. The summed E-state index contributed by atoms with van der Waals surface area (Å²) in [5.74, 6) is -0.0276. The SMILES string of the molecule is CCOC(=O)CCC(CC(=O)NCCOCCOCCN1C(=O)CC(P)C1=O)NC(=O)OCc1cc(OC)c(OC)c(OC)c1. The second-order valence-corrected chi connectivity index (χ2v) is 10.6. The third-order valence-corrected chi connectivity index (χ3v) is 7.05. The minimum atomic E-state index is -0.777. The second kappa shape index (κ2) is 20.4. The standard InChI is InChI=1S/C29H44N3O12P/c1-5-43-26(35)7-6-20(31-29(37)44-18-19-14-21(38-2)27(40-4)22(15-19)39-3)16-24(33)30-8-10-41-12-13-42-11-9-32-25(34)17-23(45)28(32)36/h14-15,20,23H,5-13,16-18,45H2,1-4H3,(H,30,33)(H,31,37). The molecule has 0 spiro atoms. The molecule has 2 N–H and O–H groups in total. The van der Waals surface area contributed by atoms with Gasteiger partial charge in [-0.15, -0.1) is 9.24 Å². The van der Waals surface area contributed by atoms with Crippen molar-refractivity contribution in [3.05, 3.63) is 17.7 Å². The highest BCUT2D eigenvalue weighted by Gasteiger charge is 2.35. The van der Waals surface area contributed by atoms with E-state index in [0.29, 0.717) is 22.8 Å². The summed E-state index contributed by atoms with van der Waals surface area (Å²) < 4.78 is 37.1. The number of carbonyl (C=O) groups is 5. The molecule has 1 aromatic rings. The van der Waals surface area contributed by atoms with Crippen LogP contribution in [0.5, 0.6) is 17.2 Å². The van der Waals surface area contributed by atoms with E-state index >= 15 is 0 Å². The summed E-state index contributed by atoms with van der Waals surface area (Å²) in [6.45, 7) is 3.13. The molecule has 0 aliphatic carbocycles. The molecule has 1 aliphatic rings. The topological polar surface area (TPSA) is 177 Å². The summed E-state index contributed by atoms with van der Waals surface area (Å²) in [5.41, 5.74) is 0.213. The van der Waals surface area contributed by atoms with E-state index in [1.807, 2.05) is 0 Å². The Kier molecular flexibility index (Phi) is 17.0. The van der Waals surface area contributed by atoms with Crippen molar-refractivity contribution in [1.82, 2.24) is 15.5 Å². The molecule has 15 nitrogen and oxygen atoms in total. The largest absolute Gasteiger partial charge is 0.493 e. The average Bonchev–Trinajstić information content (AvgIpc) is 3.26. The van der Waals surface area contributed by atoms with Gasteiger partial charge in [0.05, 0.1) is 66.6 Å². The molecule has 3 atom stereocenters. The molecule has 0 aromatic heterocycles.